The molecule has 0 spiro atoms. The molecule has 21 heavy (non-hydrogen) atoms. The number of rotatable bonds is 2. The van der Waals surface area contributed by atoms with E-state index in [2.05, 4.69) is 51.5 Å². The second kappa shape index (κ2) is 4.69. The number of aromatic nitrogens is 2. The summed E-state index contributed by atoms with van der Waals surface area (Å²) in [6, 6.07) is 0. The van der Waals surface area contributed by atoms with Gasteiger partial charge in [-0.3, -0.25) is 0 Å². The average Bonchev–Trinajstić information content (AvgIpc) is 3.05. The Labute approximate surface area is 125 Å². The lowest BCUT2D eigenvalue weighted by molar-refractivity contribution is 0.589. The molecule has 0 saturated heterocycles. The molecular weight excluding hydrogens is 260 g/mol. The largest absolute Gasteiger partial charge is 0.452 e. The quantitative estimate of drug-likeness (QED) is 0.673. The van der Waals surface area contributed by atoms with Gasteiger partial charge < -0.3 is 14.4 Å². The van der Waals surface area contributed by atoms with Crippen LogP contribution in [0.15, 0.2) is 16.8 Å². The lowest BCUT2D eigenvalue weighted by atomic mass is 10.0. The van der Waals surface area contributed by atoms with Crippen LogP contribution in [0.3, 0.4) is 0 Å². The van der Waals surface area contributed by atoms with Crippen molar-refractivity contribution in [2.24, 2.45) is 0 Å². The summed E-state index contributed by atoms with van der Waals surface area (Å²) in [5.41, 5.74) is 9.57. The van der Waals surface area contributed by atoms with Crippen molar-refractivity contribution in [1.29, 1.82) is 0 Å². The third-order valence-electron chi connectivity index (χ3n) is 4.70. The first kappa shape index (κ1) is 13.8. The van der Waals surface area contributed by atoms with Gasteiger partial charge >= 0.3 is 0 Å². The minimum Gasteiger partial charge on any atom is -0.452 e. The van der Waals surface area contributed by atoms with Crippen molar-refractivity contribution in [2.45, 2.75) is 41.5 Å². The fourth-order valence-corrected chi connectivity index (χ4v) is 2.73. The number of H-pyrrole nitrogens is 2. The zero-order valence-electron chi connectivity index (χ0n) is 13.6. The summed E-state index contributed by atoms with van der Waals surface area (Å²) in [5.74, 6) is 1.89. The Bertz CT molecular complexity index is 748. The number of aryl methyl sites for hydroxylation is 2. The molecule has 0 aliphatic carbocycles. The molecule has 0 aromatic carbocycles. The van der Waals surface area contributed by atoms with Gasteiger partial charge in [0.2, 0.25) is 0 Å². The Morgan fingerprint density at radius 1 is 0.619 bits per heavy atom. The topological polar surface area (TPSA) is 44.7 Å². The van der Waals surface area contributed by atoms with Crippen LogP contribution in [0.2, 0.25) is 0 Å². The van der Waals surface area contributed by atoms with E-state index in [0.717, 1.165) is 22.9 Å². The molecule has 0 bridgehead atoms. The van der Waals surface area contributed by atoms with Crippen molar-refractivity contribution in [3.8, 4) is 22.9 Å². The number of furan rings is 1. The minimum atomic E-state index is 0.944. The number of aromatic amines is 2. The summed E-state index contributed by atoms with van der Waals surface area (Å²) in [7, 11) is 0. The van der Waals surface area contributed by atoms with Crippen LogP contribution in [0.4, 0.5) is 0 Å². The van der Waals surface area contributed by atoms with E-state index >= 15 is 0 Å². The summed E-state index contributed by atoms with van der Waals surface area (Å²) < 4.78 is 6.24. The van der Waals surface area contributed by atoms with Gasteiger partial charge in [-0.1, -0.05) is 0 Å². The maximum absolute atomic E-state index is 6.24. The zero-order chi connectivity index (χ0) is 15.3. The van der Waals surface area contributed by atoms with Gasteiger partial charge in [0.05, 0.1) is 11.4 Å². The fraction of sp³-hybridized carbons (Fsp3) is 0.333. The van der Waals surface area contributed by atoms with Crippen LogP contribution in [0.25, 0.3) is 22.9 Å². The minimum absolute atomic E-state index is 0.944. The molecule has 3 aromatic heterocycles. The summed E-state index contributed by atoms with van der Waals surface area (Å²) in [6.07, 6.45) is 4.07. The summed E-state index contributed by atoms with van der Waals surface area (Å²) in [5, 5.41) is 0. The van der Waals surface area contributed by atoms with Gasteiger partial charge in [-0.15, -0.1) is 0 Å². The van der Waals surface area contributed by atoms with Crippen LogP contribution in [0.1, 0.15) is 33.4 Å². The zero-order valence-corrected chi connectivity index (χ0v) is 13.6. The summed E-state index contributed by atoms with van der Waals surface area (Å²) >= 11 is 0. The number of hydrogen-bond donors (Lipinski definition) is 2. The van der Waals surface area contributed by atoms with Crippen molar-refractivity contribution in [3.63, 3.8) is 0 Å². The number of hydrogen-bond acceptors (Lipinski definition) is 1. The molecule has 110 valence electrons. The van der Waals surface area contributed by atoms with Crippen LogP contribution in [-0.2, 0) is 0 Å². The summed E-state index contributed by atoms with van der Waals surface area (Å²) in [4.78, 5) is 6.68. The molecule has 3 rings (SSSR count). The van der Waals surface area contributed by atoms with Gasteiger partial charge in [-0.05, 0) is 63.8 Å². The molecule has 2 N–H and O–H groups in total. The molecule has 0 saturated carbocycles. The lowest BCUT2D eigenvalue weighted by Crippen LogP contribution is -1.83. The molecule has 0 unspecified atom stereocenters. The third kappa shape index (κ3) is 1.96. The van der Waals surface area contributed by atoms with E-state index in [0.29, 0.717) is 0 Å². The molecule has 3 heterocycles. The second-order valence-electron chi connectivity index (χ2n) is 5.95. The Morgan fingerprint density at radius 3 is 1.29 bits per heavy atom. The molecular formula is C18H22N2O. The van der Waals surface area contributed by atoms with Gasteiger partial charge in [-0.25, -0.2) is 0 Å². The Hall–Kier alpha value is -2.16. The monoisotopic (exact) mass is 282 g/mol. The highest BCUT2D eigenvalue weighted by Crippen LogP contribution is 2.38. The highest BCUT2D eigenvalue weighted by atomic mass is 16.3. The maximum atomic E-state index is 6.24. The lowest BCUT2D eigenvalue weighted by Gasteiger charge is -1.99. The molecule has 0 atom stereocenters. The Morgan fingerprint density at radius 2 is 1.00 bits per heavy atom. The Kier molecular flexibility index (Phi) is 3.08. The van der Waals surface area contributed by atoms with E-state index in [4.69, 9.17) is 4.42 Å². The predicted molar refractivity (Wildman–Crippen MR) is 86.7 cm³/mol. The van der Waals surface area contributed by atoms with E-state index in [1.54, 1.807) is 0 Å². The molecule has 3 heteroatoms. The van der Waals surface area contributed by atoms with E-state index < -0.39 is 0 Å². The van der Waals surface area contributed by atoms with Gasteiger partial charge in [0.1, 0.15) is 0 Å². The van der Waals surface area contributed by atoms with Crippen LogP contribution >= 0.6 is 0 Å². The van der Waals surface area contributed by atoms with E-state index in [-0.39, 0.29) is 0 Å². The van der Waals surface area contributed by atoms with Crippen LogP contribution in [0.5, 0.6) is 0 Å². The van der Waals surface area contributed by atoms with Gasteiger partial charge in [0.15, 0.2) is 11.5 Å². The van der Waals surface area contributed by atoms with Crippen molar-refractivity contribution < 1.29 is 4.42 Å². The highest BCUT2D eigenvalue weighted by molar-refractivity contribution is 5.72. The first-order valence-electron chi connectivity index (χ1n) is 7.31. The van der Waals surface area contributed by atoms with Crippen molar-refractivity contribution in [1.82, 2.24) is 9.97 Å². The van der Waals surface area contributed by atoms with Crippen LogP contribution in [0, 0.1) is 41.5 Å². The molecule has 0 fully saturated rings. The van der Waals surface area contributed by atoms with Crippen molar-refractivity contribution in [3.05, 3.63) is 45.8 Å². The van der Waals surface area contributed by atoms with E-state index in [1.807, 2.05) is 12.4 Å². The van der Waals surface area contributed by atoms with Crippen LogP contribution in [-0.4, -0.2) is 9.97 Å². The van der Waals surface area contributed by atoms with Crippen LogP contribution < -0.4 is 0 Å². The third-order valence-corrected chi connectivity index (χ3v) is 4.70. The smallest absolute Gasteiger partial charge is 0.154 e. The van der Waals surface area contributed by atoms with E-state index in [1.165, 1.54) is 33.4 Å². The SMILES string of the molecule is Cc1c[nH]c(-c2oc(-c3[nH]cc(C)c3C)c(C)c2C)c1C. The summed E-state index contributed by atoms with van der Waals surface area (Å²) in [6.45, 7) is 12.7. The maximum Gasteiger partial charge on any atom is 0.154 e. The number of nitrogens with one attached hydrogen (secondary N) is 2. The molecule has 3 nitrogen and oxygen atoms in total. The highest BCUT2D eigenvalue weighted by Gasteiger charge is 2.21. The predicted octanol–water partition coefficient (Wildman–Crippen LogP) is 5.12. The molecule has 0 aliphatic heterocycles. The molecule has 0 radical (unpaired) electrons. The van der Waals surface area contributed by atoms with Crippen molar-refractivity contribution >= 4 is 0 Å². The average molecular weight is 282 g/mol. The van der Waals surface area contributed by atoms with Gasteiger partial charge in [0.25, 0.3) is 0 Å². The second-order valence-corrected chi connectivity index (χ2v) is 5.95. The molecule has 0 amide bonds. The molecule has 3 aromatic rings. The molecule has 0 aliphatic rings. The Balaban J connectivity index is 2.21. The van der Waals surface area contributed by atoms with Gasteiger partial charge in [-0.2, -0.15) is 0 Å². The fourth-order valence-electron chi connectivity index (χ4n) is 2.73. The normalized spacial score (nSPS) is 11.3. The standard InChI is InChI=1S/C18H22N2O/c1-9-7-19-15(11(9)3)17-13(5)14(6)18(21-17)16-12(4)10(2)8-20-16/h7-8,19-20H,1-6H3. The van der Waals surface area contributed by atoms with E-state index in [9.17, 15) is 0 Å². The van der Waals surface area contributed by atoms with Gasteiger partial charge in [0, 0.05) is 23.5 Å². The first-order valence-corrected chi connectivity index (χ1v) is 7.31. The first-order chi connectivity index (χ1) is 9.91. The van der Waals surface area contributed by atoms with Crippen molar-refractivity contribution in [2.75, 3.05) is 0 Å².